The van der Waals surface area contributed by atoms with Crippen LogP contribution in [0.2, 0.25) is 0 Å². The average Bonchev–Trinajstić information content (AvgIpc) is 2.30. The zero-order valence-corrected chi connectivity index (χ0v) is 12.1. The van der Waals surface area contributed by atoms with Gasteiger partial charge in [0.15, 0.2) is 5.60 Å². The quantitative estimate of drug-likeness (QED) is 0.721. The third kappa shape index (κ3) is 3.96. The van der Waals surface area contributed by atoms with Crippen LogP contribution in [0.4, 0.5) is 4.39 Å². The summed E-state index contributed by atoms with van der Waals surface area (Å²) in [7, 11) is -4.26. The largest absolute Gasteiger partial charge is 0.479 e. The third-order valence-corrected chi connectivity index (χ3v) is 4.16. The smallest absolute Gasteiger partial charge is 0.336 e. The van der Waals surface area contributed by atoms with Gasteiger partial charge in [-0.3, -0.25) is 0 Å². The molecule has 1 unspecified atom stereocenters. The first-order chi connectivity index (χ1) is 8.56. The Morgan fingerprint density at radius 2 is 2.11 bits per heavy atom. The van der Waals surface area contributed by atoms with Crippen molar-refractivity contribution in [2.24, 2.45) is 0 Å². The van der Waals surface area contributed by atoms with Crippen LogP contribution in [-0.4, -0.2) is 36.7 Å². The molecule has 0 spiro atoms. The van der Waals surface area contributed by atoms with E-state index in [1.165, 1.54) is 6.07 Å². The van der Waals surface area contributed by atoms with Gasteiger partial charge in [0, 0.05) is 4.47 Å². The molecule has 3 N–H and O–H groups in total. The molecule has 0 aliphatic heterocycles. The lowest BCUT2D eigenvalue weighted by Crippen LogP contribution is -2.46. The van der Waals surface area contributed by atoms with Crippen molar-refractivity contribution >= 4 is 31.9 Å². The molecule has 0 amide bonds. The van der Waals surface area contributed by atoms with Gasteiger partial charge in [-0.15, -0.1) is 0 Å². The van der Waals surface area contributed by atoms with Crippen molar-refractivity contribution in [2.75, 3.05) is 6.54 Å². The highest BCUT2D eigenvalue weighted by Crippen LogP contribution is 2.20. The topological polar surface area (TPSA) is 104 Å². The Labute approximate surface area is 117 Å². The number of carbonyl (C=O) groups is 1. The molecule has 0 saturated carbocycles. The minimum atomic E-state index is -4.26. The summed E-state index contributed by atoms with van der Waals surface area (Å²) in [5, 5.41) is 18.0. The van der Waals surface area contributed by atoms with Gasteiger partial charge in [0.2, 0.25) is 10.0 Å². The number of carboxylic acid groups (broad SMARTS) is 1. The second kappa shape index (κ2) is 5.53. The fourth-order valence-electron chi connectivity index (χ4n) is 1.07. The van der Waals surface area contributed by atoms with Crippen molar-refractivity contribution in [3.8, 4) is 0 Å². The number of hydrogen-bond donors (Lipinski definition) is 3. The fraction of sp³-hybridized carbons (Fsp3) is 0.300. The van der Waals surface area contributed by atoms with Crippen molar-refractivity contribution in [1.29, 1.82) is 0 Å². The average molecular weight is 356 g/mol. The predicted octanol–water partition coefficient (Wildman–Crippen LogP) is 0.702. The number of carboxylic acids is 1. The molecule has 0 fully saturated rings. The predicted molar refractivity (Wildman–Crippen MR) is 67.5 cm³/mol. The van der Waals surface area contributed by atoms with Crippen LogP contribution in [0.3, 0.4) is 0 Å². The normalized spacial score (nSPS) is 14.9. The van der Waals surface area contributed by atoms with Crippen LogP contribution in [0.5, 0.6) is 0 Å². The third-order valence-electron chi connectivity index (χ3n) is 2.25. The van der Waals surface area contributed by atoms with Gasteiger partial charge < -0.3 is 10.2 Å². The van der Waals surface area contributed by atoms with Gasteiger partial charge in [-0.1, -0.05) is 15.9 Å². The molecule has 0 aliphatic rings. The maximum Gasteiger partial charge on any atom is 0.336 e. The van der Waals surface area contributed by atoms with Crippen molar-refractivity contribution in [1.82, 2.24) is 4.72 Å². The summed E-state index contributed by atoms with van der Waals surface area (Å²) in [5.41, 5.74) is -2.28. The Balaban J connectivity index is 3.00. The molecule has 1 atom stereocenters. The Morgan fingerprint density at radius 1 is 1.53 bits per heavy atom. The highest BCUT2D eigenvalue weighted by atomic mass is 79.9. The minimum Gasteiger partial charge on any atom is -0.479 e. The lowest BCUT2D eigenvalue weighted by molar-refractivity contribution is -0.155. The molecule has 0 heterocycles. The molecule has 0 radical (unpaired) electrons. The Morgan fingerprint density at radius 3 is 2.63 bits per heavy atom. The fourth-order valence-corrected chi connectivity index (χ4v) is 2.82. The Kier molecular flexibility index (Phi) is 4.67. The molecule has 19 heavy (non-hydrogen) atoms. The number of rotatable bonds is 5. The SMILES string of the molecule is CC(O)(CNS(=O)(=O)c1cc(Br)ccc1F)C(=O)O. The molecule has 9 heteroatoms. The zero-order chi connectivity index (χ0) is 14.8. The summed E-state index contributed by atoms with van der Waals surface area (Å²) in [4.78, 5) is 9.99. The summed E-state index contributed by atoms with van der Waals surface area (Å²) < 4.78 is 39.2. The molecule has 6 nitrogen and oxygen atoms in total. The number of halogens is 2. The van der Waals surface area contributed by atoms with Crippen LogP contribution < -0.4 is 4.72 Å². The first-order valence-corrected chi connectivity index (χ1v) is 7.24. The number of hydrogen-bond acceptors (Lipinski definition) is 4. The monoisotopic (exact) mass is 355 g/mol. The molecule has 0 bridgehead atoms. The van der Waals surface area contributed by atoms with Gasteiger partial charge in [0.25, 0.3) is 0 Å². The standard InChI is InChI=1S/C10H11BrFNO5S/c1-10(16,9(14)15)5-13-19(17,18)8-4-6(11)2-3-7(8)12/h2-4,13,16H,5H2,1H3,(H,14,15). The molecule has 1 aromatic rings. The second-order valence-corrected chi connectivity index (χ2v) is 6.63. The van der Waals surface area contributed by atoms with E-state index in [-0.39, 0.29) is 0 Å². The zero-order valence-electron chi connectivity index (χ0n) is 9.72. The van der Waals surface area contributed by atoms with Crippen molar-refractivity contribution in [3.63, 3.8) is 0 Å². The molecular weight excluding hydrogens is 345 g/mol. The highest BCUT2D eigenvalue weighted by Gasteiger charge is 2.32. The molecule has 1 aromatic carbocycles. The first kappa shape index (κ1) is 16.0. The lowest BCUT2D eigenvalue weighted by atomic mass is 10.1. The molecule has 0 saturated heterocycles. The molecule has 106 valence electrons. The van der Waals surface area contributed by atoms with Crippen LogP contribution in [0, 0.1) is 5.82 Å². The summed E-state index contributed by atoms with van der Waals surface area (Å²) in [5.74, 6) is -2.57. The van der Waals surface area contributed by atoms with Crippen molar-refractivity contribution < 1.29 is 27.8 Å². The number of nitrogens with one attached hydrogen (secondary N) is 1. The van der Waals surface area contributed by atoms with E-state index in [2.05, 4.69) is 15.9 Å². The summed E-state index contributed by atoms with van der Waals surface area (Å²) in [6.07, 6.45) is 0. The maximum absolute atomic E-state index is 13.4. The molecule has 0 aromatic heterocycles. The van der Waals surface area contributed by atoms with Gasteiger partial charge in [0.05, 0.1) is 6.54 Å². The Bertz CT molecular complexity index is 602. The first-order valence-electron chi connectivity index (χ1n) is 4.97. The van der Waals surface area contributed by atoms with E-state index in [0.29, 0.717) is 4.47 Å². The second-order valence-electron chi connectivity index (χ2n) is 3.98. The molecule has 1 rings (SSSR count). The van der Waals surface area contributed by atoms with E-state index in [1.807, 2.05) is 4.72 Å². The molecule has 0 aliphatic carbocycles. The van der Waals surface area contributed by atoms with Crippen LogP contribution in [0.15, 0.2) is 27.6 Å². The summed E-state index contributed by atoms with van der Waals surface area (Å²) in [6.45, 7) is 0.145. The number of benzene rings is 1. The summed E-state index contributed by atoms with van der Waals surface area (Å²) >= 11 is 3.00. The van der Waals surface area contributed by atoms with Crippen molar-refractivity contribution in [3.05, 3.63) is 28.5 Å². The van der Waals surface area contributed by atoms with Gasteiger partial charge >= 0.3 is 5.97 Å². The highest BCUT2D eigenvalue weighted by molar-refractivity contribution is 9.10. The van der Waals surface area contributed by atoms with E-state index in [0.717, 1.165) is 19.1 Å². The van der Waals surface area contributed by atoms with E-state index < -0.39 is 38.9 Å². The molecular formula is C10H11BrFNO5S. The Hall–Kier alpha value is -1.03. The number of aliphatic carboxylic acids is 1. The van der Waals surface area contributed by atoms with Crippen molar-refractivity contribution in [2.45, 2.75) is 17.4 Å². The lowest BCUT2D eigenvalue weighted by Gasteiger charge is -2.18. The summed E-state index contributed by atoms with van der Waals surface area (Å²) in [6, 6.07) is 3.31. The van der Waals surface area contributed by atoms with Crippen LogP contribution >= 0.6 is 15.9 Å². The van der Waals surface area contributed by atoms with E-state index >= 15 is 0 Å². The van der Waals surface area contributed by atoms with Crippen LogP contribution in [-0.2, 0) is 14.8 Å². The van der Waals surface area contributed by atoms with Gasteiger partial charge in [0.1, 0.15) is 10.7 Å². The van der Waals surface area contributed by atoms with E-state index in [9.17, 15) is 22.7 Å². The van der Waals surface area contributed by atoms with Gasteiger partial charge in [-0.2, -0.15) is 0 Å². The van der Waals surface area contributed by atoms with E-state index in [4.69, 9.17) is 5.11 Å². The van der Waals surface area contributed by atoms with Gasteiger partial charge in [-0.25, -0.2) is 22.3 Å². The number of aliphatic hydroxyl groups is 1. The van der Waals surface area contributed by atoms with Gasteiger partial charge in [-0.05, 0) is 25.1 Å². The minimum absolute atomic E-state index is 0.347. The number of sulfonamides is 1. The maximum atomic E-state index is 13.4. The van der Waals surface area contributed by atoms with Crippen LogP contribution in [0.25, 0.3) is 0 Å². The van der Waals surface area contributed by atoms with Crippen LogP contribution in [0.1, 0.15) is 6.92 Å². The van der Waals surface area contributed by atoms with E-state index in [1.54, 1.807) is 0 Å².